The van der Waals surface area contributed by atoms with Crippen molar-refractivity contribution in [2.45, 2.75) is 13.0 Å². The molecular formula is C9H5F4N. The average Bonchev–Trinajstić information content (AvgIpc) is 2.15. The van der Waals surface area contributed by atoms with Crippen LogP contribution in [0.5, 0.6) is 0 Å². The van der Waals surface area contributed by atoms with E-state index in [2.05, 4.69) is 4.85 Å². The van der Waals surface area contributed by atoms with Crippen LogP contribution >= 0.6 is 0 Å². The Balaban J connectivity index is 3.49. The molecule has 1 unspecified atom stereocenters. The highest BCUT2D eigenvalue weighted by atomic mass is 19.2. The molecule has 1 rings (SSSR count). The van der Waals surface area contributed by atoms with Crippen LogP contribution in [0.2, 0.25) is 0 Å². The number of nitrogens with zero attached hydrogens (tertiary/aromatic N) is 1. The first-order valence-corrected chi connectivity index (χ1v) is 3.68. The van der Waals surface area contributed by atoms with Crippen LogP contribution in [0.15, 0.2) is 6.07 Å². The molecule has 0 aliphatic rings. The van der Waals surface area contributed by atoms with Gasteiger partial charge in [0.2, 0.25) is 0 Å². The molecule has 0 aromatic heterocycles. The third-order valence-electron chi connectivity index (χ3n) is 1.76. The molecule has 74 valence electrons. The van der Waals surface area contributed by atoms with Crippen LogP contribution in [0.1, 0.15) is 18.5 Å². The fourth-order valence-electron chi connectivity index (χ4n) is 1.02. The summed E-state index contributed by atoms with van der Waals surface area (Å²) in [6, 6.07) is -1.13. The molecule has 0 N–H and O–H groups in total. The van der Waals surface area contributed by atoms with Crippen LogP contribution in [0, 0.1) is 29.8 Å². The fraction of sp³-hybridized carbons (Fsp3) is 0.222. The van der Waals surface area contributed by atoms with Crippen molar-refractivity contribution in [3.8, 4) is 0 Å². The van der Waals surface area contributed by atoms with E-state index < -0.39 is 34.9 Å². The Labute approximate surface area is 77.8 Å². The van der Waals surface area contributed by atoms with Crippen molar-refractivity contribution < 1.29 is 17.6 Å². The van der Waals surface area contributed by atoms with E-state index in [1.165, 1.54) is 0 Å². The molecule has 1 aromatic carbocycles. The molecule has 1 nitrogen and oxygen atoms in total. The number of hydrogen-bond donors (Lipinski definition) is 0. The Hall–Kier alpha value is -1.57. The van der Waals surface area contributed by atoms with Crippen molar-refractivity contribution in [3.63, 3.8) is 0 Å². The summed E-state index contributed by atoms with van der Waals surface area (Å²) in [5.74, 6) is -6.00. The lowest BCUT2D eigenvalue weighted by Gasteiger charge is -2.05. The van der Waals surface area contributed by atoms with E-state index in [4.69, 9.17) is 6.57 Å². The van der Waals surface area contributed by atoms with Gasteiger partial charge in [0.15, 0.2) is 23.3 Å². The summed E-state index contributed by atoms with van der Waals surface area (Å²) < 4.78 is 51.2. The van der Waals surface area contributed by atoms with Crippen LogP contribution in [-0.4, -0.2) is 0 Å². The number of hydrogen-bond acceptors (Lipinski definition) is 0. The standard InChI is InChI=1S/C9H5F4N/c1-4(14-2)7-8(12)5(10)3-6(11)9(7)13/h3-4H,1H3. The van der Waals surface area contributed by atoms with Crippen LogP contribution in [0.3, 0.4) is 0 Å². The minimum Gasteiger partial charge on any atom is -0.309 e. The van der Waals surface area contributed by atoms with E-state index in [1.54, 1.807) is 0 Å². The van der Waals surface area contributed by atoms with Gasteiger partial charge >= 0.3 is 0 Å². The fourth-order valence-corrected chi connectivity index (χ4v) is 1.02. The Morgan fingerprint density at radius 3 is 1.93 bits per heavy atom. The molecule has 1 atom stereocenters. The molecule has 14 heavy (non-hydrogen) atoms. The Kier molecular flexibility index (Phi) is 2.75. The number of benzene rings is 1. The lowest BCUT2D eigenvalue weighted by molar-refractivity contribution is 0.436. The van der Waals surface area contributed by atoms with Gasteiger partial charge in [-0.25, -0.2) is 24.1 Å². The van der Waals surface area contributed by atoms with E-state index in [0.29, 0.717) is 0 Å². The van der Waals surface area contributed by atoms with E-state index in [0.717, 1.165) is 6.92 Å². The Bertz CT molecular complexity index is 382. The lowest BCUT2D eigenvalue weighted by Crippen LogP contribution is -2.04. The van der Waals surface area contributed by atoms with E-state index in [1.807, 2.05) is 0 Å². The van der Waals surface area contributed by atoms with Crippen LogP contribution in [-0.2, 0) is 0 Å². The maximum absolute atomic E-state index is 13.0. The lowest BCUT2D eigenvalue weighted by atomic mass is 10.1. The van der Waals surface area contributed by atoms with Gasteiger partial charge in [-0.15, -0.1) is 0 Å². The maximum Gasteiger partial charge on any atom is 0.251 e. The van der Waals surface area contributed by atoms with Gasteiger partial charge < -0.3 is 4.85 Å². The molecule has 0 amide bonds. The normalized spacial score (nSPS) is 12.3. The molecule has 0 aliphatic carbocycles. The average molecular weight is 203 g/mol. The number of halogens is 4. The van der Waals surface area contributed by atoms with Crippen LogP contribution < -0.4 is 0 Å². The minimum absolute atomic E-state index is 0.116. The topological polar surface area (TPSA) is 4.36 Å². The third-order valence-corrected chi connectivity index (χ3v) is 1.76. The third kappa shape index (κ3) is 1.55. The SMILES string of the molecule is [C-]#[N+]C(C)c1c(F)c(F)cc(F)c1F. The van der Waals surface area contributed by atoms with E-state index in [9.17, 15) is 17.6 Å². The highest BCUT2D eigenvalue weighted by molar-refractivity contribution is 5.27. The molecule has 0 spiro atoms. The molecule has 0 radical (unpaired) electrons. The summed E-state index contributed by atoms with van der Waals surface area (Å²) in [6.07, 6.45) is 0. The summed E-state index contributed by atoms with van der Waals surface area (Å²) in [6.45, 7) is 7.69. The summed E-state index contributed by atoms with van der Waals surface area (Å²) in [5.41, 5.74) is -0.863. The first kappa shape index (κ1) is 10.5. The molecular weight excluding hydrogens is 198 g/mol. The monoisotopic (exact) mass is 203 g/mol. The number of rotatable bonds is 1. The molecule has 0 bridgehead atoms. The molecule has 0 saturated carbocycles. The Morgan fingerprint density at radius 2 is 1.57 bits per heavy atom. The van der Waals surface area contributed by atoms with Gasteiger partial charge in [-0.1, -0.05) is 0 Å². The molecule has 0 heterocycles. The first-order valence-electron chi connectivity index (χ1n) is 3.68. The van der Waals surface area contributed by atoms with Gasteiger partial charge in [-0.05, 0) is 0 Å². The van der Waals surface area contributed by atoms with Crippen LogP contribution in [0.25, 0.3) is 4.85 Å². The zero-order chi connectivity index (χ0) is 10.9. The summed E-state index contributed by atoms with van der Waals surface area (Å²) >= 11 is 0. The Morgan fingerprint density at radius 1 is 1.14 bits per heavy atom. The van der Waals surface area contributed by atoms with Crippen molar-refractivity contribution in [1.29, 1.82) is 0 Å². The molecule has 0 aliphatic heterocycles. The van der Waals surface area contributed by atoms with Crippen molar-refractivity contribution >= 4 is 0 Å². The van der Waals surface area contributed by atoms with Crippen molar-refractivity contribution in [2.24, 2.45) is 0 Å². The first-order chi connectivity index (χ1) is 6.49. The molecule has 0 fully saturated rings. The van der Waals surface area contributed by atoms with Crippen molar-refractivity contribution in [2.75, 3.05) is 0 Å². The zero-order valence-electron chi connectivity index (χ0n) is 7.11. The molecule has 1 aromatic rings. The molecule has 5 heteroatoms. The predicted octanol–water partition coefficient (Wildman–Crippen LogP) is 3.22. The predicted molar refractivity (Wildman–Crippen MR) is 41.3 cm³/mol. The van der Waals surface area contributed by atoms with Gasteiger partial charge in [0.1, 0.15) is 5.56 Å². The second kappa shape index (κ2) is 3.66. The second-order valence-corrected chi connectivity index (χ2v) is 2.69. The summed E-state index contributed by atoms with van der Waals surface area (Å²) in [4.78, 5) is 2.80. The zero-order valence-corrected chi connectivity index (χ0v) is 7.11. The van der Waals surface area contributed by atoms with Gasteiger partial charge in [0.05, 0.1) is 0 Å². The largest absolute Gasteiger partial charge is 0.309 e. The maximum atomic E-state index is 13.0. The van der Waals surface area contributed by atoms with E-state index in [-0.39, 0.29) is 6.07 Å². The molecule has 0 saturated heterocycles. The highest BCUT2D eigenvalue weighted by Gasteiger charge is 2.26. The quantitative estimate of drug-likeness (QED) is 0.375. The van der Waals surface area contributed by atoms with E-state index >= 15 is 0 Å². The summed E-state index contributed by atoms with van der Waals surface area (Å²) in [7, 11) is 0. The van der Waals surface area contributed by atoms with Gasteiger partial charge in [-0.3, -0.25) is 0 Å². The van der Waals surface area contributed by atoms with Gasteiger partial charge in [0, 0.05) is 13.0 Å². The van der Waals surface area contributed by atoms with Gasteiger partial charge in [0.25, 0.3) is 6.04 Å². The summed E-state index contributed by atoms with van der Waals surface area (Å²) in [5, 5.41) is 0. The second-order valence-electron chi connectivity index (χ2n) is 2.69. The highest BCUT2D eigenvalue weighted by Crippen LogP contribution is 2.26. The smallest absolute Gasteiger partial charge is 0.251 e. The van der Waals surface area contributed by atoms with Crippen molar-refractivity contribution in [1.82, 2.24) is 0 Å². The minimum atomic E-state index is -1.51. The van der Waals surface area contributed by atoms with Gasteiger partial charge in [-0.2, -0.15) is 0 Å². The van der Waals surface area contributed by atoms with Crippen molar-refractivity contribution in [3.05, 3.63) is 46.3 Å². The van der Waals surface area contributed by atoms with Crippen LogP contribution in [0.4, 0.5) is 17.6 Å².